The second-order valence-electron chi connectivity index (χ2n) is 1.74. The lowest BCUT2D eigenvalue weighted by Gasteiger charge is -1.98. The summed E-state index contributed by atoms with van der Waals surface area (Å²) in [4.78, 5) is 0. The zero-order valence-electron chi connectivity index (χ0n) is 4.79. The summed E-state index contributed by atoms with van der Waals surface area (Å²) in [5.74, 6) is 0. The minimum atomic E-state index is -1.03. The fourth-order valence-corrected chi connectivity index (χ4v) is 3.31. The van der Waals surface area contributed by atoms with Gasteiger partial charge in [-0.15, -0.1) is 0 Å². The smallest absolute Gasteiger partial charge is 0.0646 e. The van der Waals surface area contributed by atoms with Gasteiger partial charge in [0, 0.05) is 24.0 Å². The van der Waals surface area contributed by atoms with Crippen molar-refractivity contribution in [2.45, 2.75) is 0 Å². The van der Waals surface area contributed by atoms with Crippen molar-refractivity contribution in [1.29, 1.82) is 0 Å². The molecule has 0 spiro atoms. The summed E-state index contributed by atoms with van der Waals surface area (Å²) >= 11 is 17.2. The van der Waals surface area contributed by atoms with Crippen LogP contribution in [0, 0.1) is 0 Å². The molecule has 0 aliphatic rings. The highest BCUT2D eigenvalue weighted by Crippen LogP contribution is 2.20. The number of hydrogen-bond donors (Lipinski definition) is 0. The predicted molar refractivity (Wildman–Crippen MR) is 48.6 cm³/mol. The van der Waals surface area contributed by atoms with Crippen LogP contribution < -0.4 is 0 Å². The van der Waals surface area contributed by atoms with Crippen molar-refractivity contribution in [3.8, 4) is 0 Å². The third kappa shape index (κ3) is 1.83. The Hall–Kier alpha value is 0.654. The average Bonchev–Trinajstić information content (AvgIpc) is 1.82. The normalized spacial score (nSPS) is 10.0. The van der Waals surface area contributed by atoms with Crippen molar-refractivity contribution >= 4 is 52.5 Å². The molecule has 0 atom stereocenters. The van der Waals surface area contributed by atoms with Crippen LogP contribution in [0.4, 0.5) is 0 Å². The van der Waals surface area contributed by atoms with Crippen LogP contribution in [0.15, 0.2) is 12.1 Å². The molecule has 1 rings (SSSR count). The van der Waals surface area contributed by atoms with Gasteiger partial charge in [0.25, 0.3) is 0 Å². The van der Waals surface area contributed by atoms with E-state index in [-0.39, 0.29) is 0 Å². The van der Waals surface area contributed by atoms with E-state index in [9.17, 15) is 0 Å². The topological polar surface area (TPSA) is 0 Å². The van der Waals surface area contributed by atoms with E-state index >= 15 is 0 Å². The zero-order chi connectivity index (χ0) is 7.72. The summed E-state index contributed by atoms with van der Waals surface area (Å²) in [6.45, 7) is 0. The molecule has 0 aliphatic carbocycles. The molecule has 0 nitrogen and oxygen atoms in total. The monoisotopic (exact) mass is 223 g/mol. The van der Waals surface area contributed by atoms with Gasteiger partial charge in [-0.1, -0.05) is 34.8 Å². The molecule has 0 saturated heterocycles. The fourth-order valence-electron chi connectivity index (χ4n) is 0.542. The largest absolute Gasteiger partial charge is 0.0902 e. The van der Waals surface area contributed by atoms with E-state index in [1.165, 1.54) is 0 Å². The number of halogens is 3. The fraction of sp³-hybridized carbons (Fsp3) is 0. The first-order chi connectivity index (χ1) is 4.61. The predicted octanol–water partition coefficient (Wildman–Crippen LogP) is 2.60. The maximum absolute atomic E-state index is 5.78. The van der Waals surface area contributed by atoms with Gasteiger partial charge in [0.05, 0.1) is 7.91 Å². The van der Waals surface area contributed by atoms with Gasteiger partial charge in [0.2, 0.25) is 0 Å². The molecule has 0 unspecified atom stereocenters. The summed E-state index contributed by atoms with van der Waals surface area (Å²) < 4.78 is 1.42. The lowest BCUT2D eigenvalue weighted by atomic mass is 10.6. The van der Waals surface area contributed by atoms with Crippen LogP contribution in [0.25, 0.3) is 0 Å². The van der Waals surface area contributed by atoms with Gasteiger partial charge in [-0.3, -0.25) is 0 Å². The van der Waals surface area contributed by atoms with Gasteiger partial charge in [-0.05, 0) is 12.1 Å². The Bertz CT molecular complexity index is 238. The summed E-state index contributed by atoms with van der Waals surface area (Å²) in [6, 6.07) is 3.41. The highest BCUT2D eigenvalue weighted by atomic mass is 35.5. The molecule has 1 aromatic rings. The van der Waals surface area contributed by atoms with E-state index in [2.05, 4.69) is 9.76 Å². The molecule has 0 aliphatic heterocycles. The Labute approximate surface area is 78.8 Å². The Morgan fingerprint density at radius 3 is 1.90 bits per heavy atom. The molecule has 5 heteroatoms. The standard InChI is InChI=1S/C5H2Cl3Si2/c6-3-1-4(7)10(9)5(8)2-3/h1-2H. The zero-order valence-corrected chi connectivity index (χ0v) is 9.06. The Balaban J connectivity index is 3.31. The van der Waals surface area contributed by atoms with Crippen LogP contribution in [0.3, 0.4) is 0 Å². The lowest BCUT2D eigenvalue weighted by molar-refractivity contribution is 1.84. The van der Waals surface area contributed by atoms with Crippen molar-refractivity contribution in [2.24, 2.45) is 0 Å². The molecule has 1 heterocycles. The second kappa shape index (κ2) is 3.37. The Morgan fingerprint density at radius 2 is 1.50 bits per heavy atom. The summed E-state index contributed by atoms with van der Waals surface area (Å²) in [6.07, 6.45) is 0. The highest BCUT2D eigenvalue weighted by molar-refractivity contribution is 7.06. The molecule has 1 aromatic heterocycles. The van der Waals surface area contributed by atoms with E-state index in [4.69, 9.17) is 34.8 Å². The molecule has 0 fully saturated rings. The van der Waals surface area contributed by atoms with Gasteiger partial charge in [-0.25, -0.2) is 0 Å². The minimum Gasteiger partial charge on any atom is -0.0902 e. The minimum absolute atomic E-state index is 0.585. The summed E-state index contributed by atoms with van der Waals surface area (Å²) in [5, 5.41) is 0.585. The third-order valence-corrected chi connectivity index (χ3v) is 6.39. The van der Waals surface area contributed by atoms with Crippen LogP contribution in [0.2, 0.25) is 14.3 Å². The quantitative estimate of drug-likeness (QED) is 0.595. The first-order valence-electron chi connectivity index (χ1n) is 2.47. The van der Waals surface area contributed by atoms with Crippen molar-refractivity contribution < 1.29 is 0 Å². The number of hydrogen-bond acceptors (Lipinski definition) is 0. The van der Waals surface area contributed by atoms with Crippen LogP contribution in [0.5, 0.6) is 0 Å². The highest BCUT2D eigenvalue weighted by Gasteiger charge is 2.01. The van der Waals surface area contributed by atoms with Crippen molar-refractivity contribution in [3.05, 3.63) is 26.4 Å². The molecule has 0 amide bonds. The molecule has 3 radical (unpaired) electrons. The molecule has 10 heavy (non-hydrogen) atoms. The van der Waals surface area contributed by atoms with Gasteiger partial charge in [-0.2, -0.15) is 0 Å². The van der Waals surface area contributed by atoms with E-state index < -0.39 is 7.91 Å². The SMILES string of the molecule is [Si][si]1c(Cl)cc(Cl)cc1Cl. The van der Waals surface area contributed by atoms with Crippen LogP contribution in [-0.2, 0) is 0 Å². The second-order valence-corrected chi connectivity index (χ2v) is 6.96. The van der Waals surface area contributed by atoms with E-state index in [0.29, 0.717) is 14.3 Å². The molecule has 0 bridgehead atoms. The number of rotatable bonds is 0. The van der Waals surface area contributed by atoms with E-state index in [1.807, 2.05) is 0 Å². The van der Waals surface area contributed by atoms with Gasteiger partial charge >= 0.3 is 0 Å². The van der Waals surface area contributed by atoms with Crippen molar-refractivity contribution in [1.82, 2.24) is 0 Å². The maximum atomic E-state index is 5.78. The molecule has 0 saturated carbocycles. The lowest BCUT2D eigenvalue weighted by Crippen LogP contribution is -1.98. The molecule has 0 N–H and O–H groups in total. The Kier molecular flexibility index (Phi) is 2.95. The first kappa shape index (κ1) is 8.75. The summed E-state index contributed by atoms with van der Waals surface area (Å²) in [7, 11) is 2.40. The van der Waals surface area contributed by atoms with E-state index in [0.717, 1.165) is 0 Å². The van der Waals surface area contributed by atoms with Crippen molar-refractivity contribution in [2.75, 3.05) is 0 Å². The molecular formula is C5H2Cl3Si2. The van der Waals surface area contributed by atoms with Crippen LogP contribution in [0.1, 0.15) is 0 Å². The Morgan fingerprint density at radius 1 is 1.10 bits per heavy atom. The first-order valence-corrected chi connectivity index (χ1v) is 6.61. The van der Waals surface area contributed by atoms with Crippen LogP contribution >= 0.6 is 34.8 Å². The average molecular weight is 225 g/mol. The maximum Gasteiger partial charge on any atom is 0.0646 e. The summed E-state index contributed by atoms with van der Waals surface area (Å²) in [5.41, 5.74) is 0. The van der Waals surface area contributed by atoms with Gasteiger partial charge in [0.1, 0.15) is 0 Å². The molecule has 51 valence electrons. The molecule has 0 aromatic carbocycles. The van der Waals surface area contributed by atoms with E-state index in [1.54, 1.807) is 12.1 Å². The van der Waals surface area contributed by atoms with Crippen LogP contribution in [-0.4, -0.2) is 17.7 Å². The third-order valence-electron chi connectivity index (χ3n) is 1.01. The van der Waals surface area contributed by atoms with Crippen molar-refractivity contribution in [3.63, 3.8) is 0 Å². The van der Waals surface area contributed by atoms with Gasteiger partial charge in [0.15, 0.2) is 0 Å². The van der Waals surface area contributed by atoms with Gasteiger partial charge < -0.3 is 0 Å². The molecular weight excluding hydrogens is 223 g/mol.